The van der Waals surface area contributed by atoms with Gasteiger partial charge in [-0.1, -0.05) is 29.4 Å². The number of fused-ring (bicyclic) bond motifs is 1. The Balaban J connectivity index is 2.44. The number of imidazole rings is 1. The summed E-state index contributed by atoms with van der Waals surface area (Å²) in [5.74, 6) is -0.896. The van der Waals surface area contributed by atoms with E-state index in [9.17, 15) is 4.79 Å². The van der Waals surface area contributed by atoms with Crippen molar-refractivity contribution in [2.75, 3.05) is 19.5 Å². The van der Waals surface area contributed by atoms with E-state index in [4.69, 9.17) is 21.4 Å². The minimum Gasteiger partial charge on any atom is -0.481 e. The van der Waals surface area contributed by atoms with Crippen molar-refractivity contribution < 1.29 is 14.6 Å². The van der Waals surface area contributed by atoms with Crippen LogP contribution in [-0.4, -0.2) is 40.1 Å². The average molecular weight is 329 g/mol. The number of hydrogen-bond donors (Lipinski definition) is 1. The molecule has 0 aliphatic rings. The van der Waals surface area contributed by atoms with Crippen LogP contribution in [0.5, 0.6) is 0 Å². The Hall–Kier alpha value is -1.24. The predicted molar refractivity (Wildman–Crippen MR) is 84.3 cm³/mol. The van der Waals surface area contributed by atoms with Crippen molar-refractivity contribution in [2.24, 2.45) is 0 Å². The average Bonchev–Trinajstić information content (AvgIpc) is 2.82. The number of aromatic nitrogens is 2. The Kier molecular flexibility index (Phi) is 5.50. The molecule has 1 atom stereocenters. The maximum absolute atomic E-state index is 10.8. The number of hydrogen-bond acceptors (Lipinski definition) is 4. The number of nitrogens with zero attached hydrogens (tertiary/aromatic N) is 2. The van der Waals surface area contributed by atoms with Gasteiger partial charge in [-0.15, -0.1) is 0 Å². The van der Waals surface area contributed by atoms with Gasteiger partial charge in [0.1, 0.15) is 5.52 Å². The summed E-state index contributed by atoms with van der Waals surface area (Å²) in [6.07, 6.45) is 0.815. The molecule has 1 aromatic carbocycles. The largest absolute Gasteiger partial charge is 0.481 e. The summed E-state index contributed by atoms with van der Waals surface area (Å²) < 4.78 is 7.16. The Morgan fingerprint density at radius 1 is 1.57 bits per heavy atom. The van der Waals surface area contributed by atoms with Gasteiger partial charge in [-0.2, -0.15) is 0 Å². The molecule has 0 bridgehead atoms. The monoisotopic (exact) mass is 328 g/mol. The minimum absolute atomic E-state index is 0.0298. The van der Waals surface area contributed by atoms with Gasteiger partial charge >= 0.3 is 5.97 Å². The van der Waals surface area contributed by atoms with E-state index in [2.05, 4.69) is 11.9 Å². The molecule has 2 rings (SSSR count). The highest BCUT2D eigenvalue weighted by molar-refractivity contribution is 7.99. The van der Waals surface area contributed by atoms with E-state index < -0.39 is 5.97 Å². The molecule has 0 saturated carbocycles. The van der Waals surface area contributed by atoms with E-state index >= 15 is 0 Å². The number of ether oxygens (including phenoxy) is 1. The summed E-state index contributed by atoms with van der Waals surface area (Å²) in [4.78, 5) is 15.3. The fourth-order valence-electron chi connectivity index (χ4n) is 2.13. The molecule has 1 N–H and O–H groups in total. The van der Waals surface area contributed by atoms with E-state index in [1.165, 1.54) is 11.8 Å². The summed E-state index contributed by atoms with van der Waals surface area (Å²) in [5.41, 5.74) is 1.62. The number of thioether (sulfide) groups is 1. The molecule has 0 saturated heterocycles. The maximum Gasteiger partial charge on any atom is 0.313 e. The smallest absolute Gasteiger partial charge is 0.313 e. The third kappa shape index (κ3) is 3.70. The molecule has 1 aromatic heterocycles. The lowest BCUT2D eigenvalue weighted by molar-refractivity contribution is -0.133. The van der Waals surface area contributed by atoms with E-state index in [0.29, 0.717) is 22.3 Å². The van der Waals surface area contributed by atoms with Crippen molar-refractivity contribution in [1.82, 2.24) is 9.55 Å². The van der Waals surface area contributed by atoms with E-state index in [1.54, 1.807) is 13.2 Å². The topological polar surface area (TPSA) is 64.3 Å². The van der Waals surface area contributed by atoms with Crippen molar-refractivity contribution in [1.29, 1.82) is 0 Å². The molecule has 5 nitrogen and oxygen atoms in total. The molecule has 114 valence electrons. The summed E-state index contributed by atoms with van der Waals surface area (Å²) >= 11 is 7.39. The number of para-hydroxylation sites is 1. The van der Waals surface area contributed by atoms with Gasteiger partial charge < -0.3 is 14.4 Å². The van der Waals surface area contributed by atoms with Crippen molar-refractivity contribution in [2.45, 2.75) is 24.5 Å². The molecule has 0 aliphatic heterocycles. The lowest BCUT2D eigenvalue weighted by atomic mass is 10.2. The van der Waals surface area contributed by atoms with Crippen LogP contribution in [0.25, 0.3) is 11.0 Å². The fourth-order valence-corrected chi connectivity index (χ4v) is 3.17. The molecule has 0 aliphatic carbocycles. The molecule has 7 heteroatoms. The molecule has 2 aromatic rings. The van der Waals surface area contributed by atoms with Gasteiger partial charge in [0.25, 0.3) is 0 Å². The first-order valence-corrected chi connectivity index (χ1v) is 7.91. The van der Waals surface area contributed by atoms with Gasteiger partial charge in [0, 0.05) is 19.8 Å². The number of carboxylic acids is 1. The van der Waals surface area contributed by atoms with Crippen LogP contribution < -0.4 is 0 Å². The number of carboxylic acid groups (broad SMARTS) is 1. The van der Waals surface area contributed by atoms with Gasteiger partial charge in [0.05, 0.1) is 16.3 Å². The lowest BCUT2D eigenvalue weighted by Crippen LogP contribution is -2.10. The molecule has 0 spiro atoms. The van der Waals surface area contributed by atoms with Gasteiger partial charge in [-0.3, -0.25) is 4.79 Å². The highest BCUT2D eigenvalue weighted by Crippen LogP contribution is 2.32. The summed E-state index contributed by atoms with van der Waals surface area (Å²) in [5, 5.41) is 10.1. The van der Waals surface area contributed by atoms with Gasteiger partial charge in [0.15, 0.2) is 5.16 Å². The Bertz CT molecular complexity index is 644. The Labute approximate surface area is 132 Å². The lowest BCUT2D eigenvalue weighted by Gasteiger charge is -2.16. The van der Waals surface area contributed by atoms with Crippen LogP contribution in [0.2, 0.25) is 5.02 Å². The highest BCUT2D eigenvalue weighted by atomic mass is 35.5. The molecule has 1 unspecified atom stereocenters. The zero-order valence-electron chi connectivity index (χ0n) is 11.9. The number of aliphatic carboxylic acids is 1. The molecular weight excluding hydrogens is 312 g/mol. The fraction of sp³-hybridized carbons (Fsp3) is 0.429. The van der Waals surface area contributed by atoms with Crippen molar-refractivity contribution in [3.05, 3.63) is 23.2 Å². The standard InChI is InChI=1S/C14H17ClN2O3S/c1-9(6-7-20-2)17-11-5-3-4-10(15)13(11)16-14(17)21-8-12(18)19/h3-5,9H,6-8H2,1-2H3,(H,18,19). The van der Waals surface area contributed by atoms with E-state index in [1.807, 2.05) is 16.7 Å². The molecule has 0 radical (unpaired) electrons. The van der Waals surface area contributed by atoms with Gasteiger partial charge in [-0.25, -0.2) is 4.98 Å². The molecule has 21 heavy (non-hydrogen) atoms. The number of methoxy groups -OCH3 is 1. The second-order valence-corrected chi connectivity index (χ2v) is 6.03. The Morgan fingerprint density at radius 2 is 2.33 bits per heavy atom. The number of rotatable bonds is 7. The van der Waals surface area contributed by atoms with Gasteiger partial charge in [-0.05, 0) is 25.5 Å². The zero-order valence-corrected chi connectivity index (χ0v) is 13.4. The van der Waals surface area contributed by atoms with Crippen LogP contribution >= 0.6 is 23.4 Å². The van der Waals surface area contributed by atoms with Crippen LogP contribution in [0.15, 0.2) is 23.4 Å². The van der Waals surface area contributed by atoms with E-state index in [-0.39, 0.29) is 11.8 Å². The minimum atomic E-state index is -0.866. The van der Waals surface area contributed by atoms with Crippen LogP contribution in [0.3, 0.4) is 0 Å². The van der Waals surface area contributed by atoms with Crippen LogP contribution in [0.4, 0.5) is 0 Å². The predicted octanol–water partition coefficient (Wildman–Crippen LogP) is 3.46. The zero-order chi connectivity index (χ0) is 15.4. The van der Waals surface area contributed by atoms with Gasteiger partial charge in [0.2, 0.25) is 0 Å². The van der Waals surface area contributed by atoms with Crippen LogP contribution in [-0.2, 0) is 9.53 Å². The molecular formula is C14H17ClN2O3S. The van der Waals surface area contributed by atoms with Crippen molar-refractivity contribution >= 4 is 40.4 Å². The number of halogens is 1. The summed E-state index contributed by atoms with van der Waals surface area (Å²) in [6.45, 7) is 2.69. The number of benzene rings is 1. The first-order chi connectivity index (χ1) is 10.0. The van der Waals surface area contributed by atoms with Crippen LogP contribution in [0.1, 0.15) is 19.4 Å². The normalized spacial score (nSPS) is 12.7. The first kappa shape index (κ1) is 16.1. The van der Waals surface area contributed by atoms with Crippen LogP contribution in [0, 0.1) is 0 Å². The quantitative estimate of drug-likeness (QED) is 0.788. The number of carbonyl (C=O) groups is 1. The SMILES string of the molecule is COCCC(C)n1c(SCC(=O)O)nc2c(Cl)cccc21. The molecule has 1 heterocycles. The third-order valence-corrected chi connectivity index (χ3v) is 4.39. The third-order valence-electron chi connectivity index (χ3n) is 3.14. The molecule has 0 fully saturated rings. The summed E-state index contributed by atoms with van der Waals surface area (Å²) in [7, 11) is 1.66. The maximum atomic E-state index is 10.8. The Morgan fingerprint density at radius 3 is 3.00 bits per heavy atom. The van der Waals surface area contributed by atoms with E-state index in [0.717, 1.165) is 11.9 Å². The second-order valence-electron chi connectivity index (χ2n) is 4.68. The molecule has 0 amide bonds. The highest BCUT2D eigenvalue weighted by Gasteiger charge is 2.18. The van der Waals surface area contributed by atoms with Crippen molar-refractivity contribution in [3.63, 3.8) is 0 Å². The second kappa shape index (κ2) is 7.15. The summed E-state index contributed by atoms with van der Waals surface area (Å²) in [6, 6.07) is 5.75. The van der Waals surface area contributed by atoms with Crippen molar-refractivity contribution in [3.8, 4) is 0 Å². The first-order valence-electron chi connectivity index (χ1n) is 6.54.